The number of benzene rings is 8. The number of anilines is 2. The van der Waals surface area contributed by atoms with Gasteiger partial charge >= 0.3 is 6.85 Å². The number of hydrogen-bond acceptors (Lipinski definition) is 3. The Morgan fingerprint density at radius 2 is 1.21 bits per heavy atom. The van der Waals surface area contributed by atoms with Crippen molar-refractivity contribution in [2.24, 2.45) is 0 Å². The number of rotatable bonds is 1. The van der Waals surface area contributed by atoms with Crippen molar-refractivity contribution in [2.45, 2.75) is 123 Å². The van der Waals surface area contributed by atoms with E-state index in [1.54, 1.807) is 0 Å². The van der Waals surface area contributed by atoms with E-state index in [-0.39, 0.29) is 33.9 Å². The molecule has 3 nitrogen and oxygen atoms in total. The third-order valence-electron chi connectivity index (χ3n) is 18.3. The summed E-state index contributed by atoms with van der Waals surface area (Å²) in [6.07, 6.45) is 2.39. The molecule has 4 aliphatic rings. The molecule has 2 aliphatic carbocycles. The third kappa shape index (κ3) is 5.43. The summed E-state index contributed by atoms with van der Waals surface area (Å²) in [5, 5.41) is 7.57. The molecule has 0 radical (unpaired) electrons. The van der Waals surface area contributed by atoms with Crippen LogP contribution in [0, 0.1) is 0 Å². The summed E-state index contributed by atoms with van der Waals surface area (Å²) in [6.45, 7) is 28.5. The molecule has 0 fully saturated rings. The van der Waals surface area contributed by atoms with E-state index in [9.17, 15) is 0 Å². The van der Waals surface area contributed by atoms with Gasteiger partial charge in [0.2, 0.25) is 0 Å². The maximum Gasteiger partial charge on any atom is 0.333 e. The minimum absolute atomic E-state index is 0.0159. The van der Waals surface area contributed by atoms with E-state index in [4.69, 9.17) is 4.42 Å². The molecule has 8 aromatic carbocycles. The van der Waals surface area contributed by atoms with Crippen LogP contribution in [-0.2, 0) is 27.1 Å². The van der Waals surface area contributed by atoms with Crippen LogP contribution in [0.1, 0.15) is 129 Å². The number of para-hydroxylation sites is 1. The molecular formula is C67H61BN2OS. The first kappa shape index (κ1) is 43.1. The van der Waals surface area contributed by atoms with E-state index >= 15 is 0 Å². The smallest absolute Gasteiger partial charge is 0.333 e. The average molecular weight is 953 g/mol. The Morgan fingerprint density at radius 3 is 1.96 bits per heavy atom. The molecule has 3 aromatic heterocycles. The summed E-state index contributed by atoms with van der Waals surface area (Å²) < 4.78 is 12.7. The first-order valence-electron chi connectivity index (χ1n) is 26.4. The van der Waals surface area contributed by atoms with Crippen LogP contribution >= 0.6 is 11.3 Å². The number of fused-ring (bicyclic) bond motifs is 20. The molecule has 72 heavy (non-hydrogen) atoms. The van der Waals surface area contributed by atoms with Crippen molar-refractivity contribution < 1.29 is 4.42 Å². The van der Waals surface area contributed by atoms with Crippen LogP contribution in [-0.4, -0.2) is 11.4 Å². The average Bonchev–Trinajstić information content (AvgIpc) is 4.07. The molecule has 0 atom stereocenters. The topological polar surface area (TPSA) is 21.3 Å². The van der Waals surface area contributed by atoms with Crippen LogP contribution in [0.15, 0.2) is 132 Å². The van der Waals surface area contributed by atoms with Gasteiger partial charge in [-0.2, -0.15) is 0 Å². The Morgan fingerprint density at radius 1 is 0.542 bits per heavy atom. The van der Waals surface area contributed by atoms with Crippen LogP contribution in [0.2, 0.25) is 0 Å². The van der Waals surface area contributed by atoms with Gasteiger partial charge in [-0.25, -0.2) is 0 Å². The second-order valence-corrected chi connectivity index (χ2v) is 27.0. The van der Waals surface area contributed by atoms with E-state index in [1.807, 2.05) is 11.3 Å². The summed E-state index contributed by atoms with van der Waals surface area (Å²) in [5.74, 6) is 0. The lowest BCUT2D eigenvalue weighted by atomic mass is 9.43. The van der Waals surface area contributed by atoms with E-state index in [0.29, 0.717) is 0 Å². The molecule has 0 saturated carbocycles. The van der Waals surface area contributed by atoms with E-state index in [0.717, 1.165) is 11.2 Å². The van der Waals surface area contributed by atoms with Gasteiger partial charge in [0, 0.05) is 64.4 Å². The zero-order valence-electron chi connectivity index (χ0n) is 43.8. The van der Waals surface area contributed by atoms with Crippen LogP contribution in [0.4, 0.5) is 11.4 Å². The fourth-order valence-electron chi connectivity index (χ4n) is 14.2. The predicted molar refractivity (Wildman–Crippen MR) is 310 cm³/mol. The van der Waals surface area contributed by atoms with Crippen molar-refractivity contribution in [1.82, 2.24) is 4.57 Å². The van der Waals surface area contributed by atoms with Crippen molar-refractivity contribution in [3.05, 3.63) is 161 Å². The van der Waals surface area contributed by atoms with Gasteiger partial charge in [0.15, 0.2) is 0 Å². The molecule has 5 heteroatoms. The van der Waals surface area contributed by atoms with Gasteiger partial charge in [-0.3, -0.25) is 0 Å². The standard InChI is InChI=1S/C67H61BN2OS/c1-63(2,3)36-21-24-38(25-22-36)70-52-35-56-42(43-31-48-49(34-55(43)72-56)66(9,10)28-27-65(48,7)8)30-45(52)57-58-40-18-14-16-20-54(40)71-62(58)59-44-29-37(64(4,5)6)23-26-51(44)69-53-32-41-39-17-13-15-19-46(39)67(11,12)47(41)33-50(53)68(70)60(57)61(59)69/h13-26,29-35H,27-28H2,1-12H3. The van der Waals surface area contributed by atoms with Gasteiger partial charge in [0.05, 0.1) is 16.4 Å². The Labute approximate surface area is 427 Å². The zero-order valence-corrected chi connectivity index (χ0v) is 44.6. The van der Waals surface area contributed by atoms with Crippen molar-refractivity contribution in [2.75, 3.05) is 4.81 Å². The highest BCUT2D eigenvalue weighted by Crippen LogP contribution is 2.56. The van der Waals surface area contributed by atoms with E-state index < -0.39 is 0 Å². The minimum atomic E-state index is -0.179. The molecule has 11 aromatic rings. The van der Waals surface area contributed by atoms with Gasteiger partial charge in [0.1, 0.15) is 11.2 Å². The maximum atomic E-state index is 7.37. The van der Waals surface area contributed by atoms with Gasteiger partial charge in [-0.05, 0) is 156 Å². The molecule has 0 saturated heterocycles. The van der Waals surface area contributed by atoms with Crippen molar-refractivity contribution in [1.29, 1.82) is 0 Å². The van der Waals surface area contributed by atoms with E-state index in [1.165, 1.54) is 149 Å². The van der Waals surface area contributed by atoms with Crippen LogP contribution in [0.25, 0.3) is 91.9 Å². The fourth-order valence-corrected chi connectivity index (χ4v) is 15.3. The minimum Gasteiger partial charge on any atom is -0.455 e. The van der Waals surface area contributed by atoms with Crippen molar-refractivity contribution in [3.63, 3.8) is 0 Å². The second kappa shape index (κ2) is 13.5. The molecular weight excluding hydrogens is 892 g/mol. The Bertz CT molecular complexity index is 4270. The summed E-state index contributed by atoms with van der Waals surface area (Å²) in [7, 11) is 0. The van der Waals surface area contributed by atoms with Gasteiger partial charge < -0.3 is 13.8 Å². The highest BCUT2D eigenvalue weighted by atomic mass is 32.1. The Kier molecular flexibility index (Phi) is 8.10. The Balaban J connectivity index is 1.16. The molecule has 15 rings (SSSR count). The number of nitrogens with zero attached hydrogens (tertiary/aromatic N) is 2. The first-order valence-corrected chi connectivity index (χ1v) is 27.2. The molecule has 0 N–H and O–H groups in total. The van der Waals surface area contributed by atoms with E-state index in [2.05, 4.69) is 220 Å². The number of thiophene rings is 1. The highest BCUT2D eigenvalue weighted by Gasteiger charge is 2.48. The predicted octanol–water partition coefficient (Wildman–Crippen LogP) is 17.5. The van der Waals surface area contributed by atoms with Crippen LogP contribution < -0.4 is 15.7 Å². The highest BCUT2D eigenvalue weighted by molar-refractivity contribution is 7.26. The lowest BCUT2D eigenvalue weighted by Crippen LogP contribution is -2.60. The van der Waals surface area contributed by atoms with Crippen molar-refractivity contribution in [3.8, 4) is 27.9 Å². The summed E-state index contributed by atoms with van der Waals surface area (Å²) in [6, 6.07) is 50.4. The zero-order chi connectivity index (χ0) is 49.5. The molecule has 5 heterocycles. The molecule has 0 unspecified atom stereocenters. The summed E-state index contributed by atoms with van der Waals surface area (Å²) in [5.41, 5.74) is 24.6. The van der Waals surface area contributed by atoms with Gasteiger partial charge in [0.25, 0.3) is 0 Å². The Hall–Kier alpha value is -6.56. The monoisotopic (exact) mass is 952 g/mol. The second-order valence-electron chi connectivity index (χ2n) is 26.0. The van der Waals surface area contributed by atoms with Crippen LogP contribution in [0.3, 0.4) is 0 Å². The fraction of sp³-hybridized carbons (Fsp3) is 0.284. The largest absolute Gasteiger partial charge is 0.455 e. The molecule has 0 bridgehead atoms. The summed E-state index contributed by atoms with van der Waals surface area (Å²) >= 11 is 1.98. The first-order chi connectivity index (χ1) is 34.2. The van der Waals surface area contributed by atoms with Gasteiger partial charge in [-0.1, -0.05) is 150 Å². The summed E-state index contributed by atoms with van der Waals surface area (Å²) in [4.78, 5) is 2.75. The molecule has 0 amide bonds. The lowest BCUT2D eigenvalue weighted by Gasteiger charge is -2.43. The lowest BCUT2D eigenvalue weighted by molar-refractivity contribution is 0.332. The van der Waals surface area contributed by atoms with Crippen molar-refractivity contribution >= 4 is 104 Å². The normalized spacial score (nSPS) is 17.1. The third-order valence-corrected chi connectivity index (χ3v) is 19.4. The van der Waals surface area contributed by atoms with Gasteiger partial charge in [-0.15, -0.1) is 11.3 Å². The molecule has 0 spiro atoms. The molecule has 354 valence electrons. The maximum absolute atomic E-state index is 7.37. The number of furan rings is 1. The van der Waals surface area contributed by atoms with Crippen LogP contribution in [0.5, 0.6) is 0 Å². The quantitative estimate of drug-likeness (QED) is 0.153. The SMILES string of the molecule is CC(C)(C)c1ccc(N2B3c4cc5c(cc4-n4c6ccc(C(C)(C)C)cc6c6c7oc8ccccc8c7c(c3c64)-c3cc4c(cc32)sc2cc3c(cc24)C(C)(C)CCC3(C)C)-c2ccccc2C5(C)C)cc1. The number of hydrogen-bond donors (Lipinski definition) is 0. The number of aromatic nitrogens is 1. The molecule has 2 aliphatic heterocycles.